The molecule has 7 heteroatoms. The lowest BCUT2D eigenvalue weighted by atomic mass is 10.2. The SMILES string of the molecule is CCNC(=NCc1c(C)noc1C)NC1CCN(C2CC2)C1.I. The fraction of sp³-hybridized carbons (Fsp3) is 0.750. The first-order valence-electron chi connectivity index (χ1n) is 8.38. The average molecular weight is 433 g/mol. The number of aryl methyl sites for hydroxylation is 2. The molecule has 0 radical (unpaired) electrons. The van der Waals surface area contributed by atoms with E-state index in [0.717, 1.165) is 42.1 Å². The van der Waals surface area contributed by atoms with Gasteiger partial charge in [-0.05, 0) is 40.0 Å². The van der Waals surface area contributed by atoms with Crippen LogP contribution in [0.25, 0.3) is 0 Å². The van der Waals surface area contributed by atoms with E-state index in [2.05, 4.69) is 27.6 Å². The third kappa shape index (κ3) is 4.82. The molecule has 130 valence electrons. The van der Waals surface area contributed by atoms with Crippen LogP contribution in [-0.2, 0) is 6.54 Å². The lowest BCUT2D eigenvalue weighted by molar-refractivity contribution is 0.321. The van der Waals surface area contributed by atoms with Gasteiger partial charge in [0, 0.05) is 37.3 Å². The van der Waals surface area contributed by atoms with Gasteiger partial charge in [-0.2, -0.15) is 0 Å². The molecule has 1 unspecified atom stereocenters. The lowest BCUT2D eigenvalue weighted by Gasteiger charge is -2.18. The van der Waals surface area contributed by atoms with Gasteiger partial charge in [0.15, 0.2) is 5.96 Å². The van der Waals surface area contributed by atoms with E-state index in [0.29, 0.717) is 12.6 Å². The Kier molecular flexibility index (Phi) is 6.70. The van der Waals surface area contributed by atoms with E-state index in [9.17, 15) is 0 Å². The first kappa shape index (κ1) is 18.5. The molecule has 1 aliphatic heterocycles. The minimum absolute atomic E-state index is 0. The summed E-state index contributed by atoms with van der Waals surface area (Å²) in [6, 6.07) is 1.36. The topological polar surface area (TPSA) is 65.7 Å². The van der Waals surface area contributed by atoms with E-state index >= 15 is 0 Å². The van der Waals surface area contributed by atoms with Crippen molar-refractivity contribution in [1.29, 1.82) is 0 Å². The molecule has 1 aromatic heterocycles. The molecule has 6 nitrogen and oxygen atoms in total. The molecule has 0 spiro atoms. The second-order valence-corrected chi connectivity index (χ2v) is 6.35. The van der Waals surface area contributed by atoms with Gasteiger partial charge in [0.25, 0.3) is 0 Å². The second kappa shape index (κ2) is 8.32. The zero-order valence-electron chi connectivity index (χ0n) is 14.3. The smallest absolute Gasteiger partial charge is 0.191 e. The molecule has 1 saturated carbocycles. The van der Waals surface area contributed by atoms with Crippen LogP contribution in [0.1, 0.15) is 43.2 Å². The minimum atomic E-state index is 0. The summed E-state index contributed by atoms with van der Waals surface area (Å²) in [7, 11) is 0. The summed E-state index contributed by atoms with van der Waals surface area (Å²) in [5.74, 6) is 1.75. The molecule has 23 heavy (non-hydrogen) atoms. The number of likely N-dealkylation sites (tertiary alicyclic amines) is 1. The zero-order valence-corrected chi connectivity index (χ0v) is 16.6. The van der Waals surface area contributed by atoms with Crippen LogP contribution in [-0.4, -0.2) is 47.7 Å². The Bertz CT molecular complexity index is 521. The van der Waals surface area contributed by atoms with Crippen molar-refractivity contribution in [1.82, 2.24) is 20.7 Å². The highest BCUT2D eigenvalue weighted by Crippen LogP contribution is 2.29. The van der Waals surface area contributed by atoms with Crippen LogP contribution < -0.4 is 10.6 Å². The summed E-state index contributed by atoms with van der Waals surface area (Å²) in [5.41, 5.74) is 2.01. The largest absolute Gasteiger partial charge is 0.361 e. The fourth-order valence-electron chi connectivity index (χ4n) is 3.08. The third-order valence-electron chi connectivity index (χ3n) is 4.54. The number of halogens is 1. The predicted octanol–water partition coefficient (Wildman–Crippen LogP) is 2.20. The molecule has 2 aliphatic rings. The highest BCUT2D eigenvalue weighted by Gasteiger charge is 2.34. The van der Waals surface area contributed by atoms with Crippen LogP contribution in [0.5, 0.6) is 0 Å². The molecule has 0 amide bonds. The Hall–Kier alpha value is -0.830. The Labute approximate surface area is 155 Å². The number of hydrogen-bond acceptors (Lipinski definition) is 4. The first-order chi connectivity index (χ1) is 10.7. The highest BCUT2D eigenvalue weighted by molar-refractivity contribution is 14.0. The number of aromatic nitrogens is 1. The Morgan fingerprint density at radius 3 is 2.74 bits per heavy atom. The van der Waals surface area contributed by atoms with Crippen LogP contribution in [0.15, 0.2) is 9.52 Å². The molecular weight excluding hydrogens is 405 g/mol. The maximum atomic E-state index is 5.20. The van der Waals surface area contributed by atoms with Crippen molar-refractivity contribution in [2.24, 2.45) is 4.99 Å². The van der Waals surface area contributed by atoms with E-state index in [-0.39, 0.29) is 24.0 Å². The van der Waals surface area contributed by atoms with Crippen molar-refractivity contribution >= 4 is 29.9 Å². The Morgan fingerprint density at radius 1 is 1.35 bits per heavy atom. The normalized spacial score (nSPS) is 22.0. The van der Waals surface area contributed by atoms with Gasteiger partial charge in [-0.25, -0.2) is 4.99 Å². The maximum Gasteiger partial charge on any atom is 0.191 e. The third-order valence-corrected chi connectivity index (χ3v) is 4.54. The molecule has 1 aliphatic carbocycles. The van der Waals surface area contributed by atoms with Gasteiger partial charge in [-0.3, -0.25) is 4.90 Å². The highest BCUT2D eigenvalue weighted by atomic mass is 127. The lowest BCUT2D eigenvalue weighted by Crippen LogP contribution is -2.44. The zero-order chi connectivity index (χ0) is 15.5. The number of aliphatic imine (C=N–C) groups is 1. The van der Waals surface area contributed by atoms with Crippen molar-refractivity contribution in [3.8, 4) is 0 Å². The molecule has 2 fully saturated rings. The monoisotopic (exact) mass is 433 g/mol. The predicted molar refractivity (Wildman–Crippen MR) is 102 cm³/mol. The summed E-state index contributed by atoms with van der Waals surface area (Å²) in [6.07, 6.45) is 3.96. The molecule has 1 aromatic rings. The van der Waals surface area contributed by atoms with Gasteiger partial charge in [0.05, 0.1) is 12.2 Å². The van der Waals surface area contributed by atoms with Crippen molar-refractivity contribution in [3.05, 3.63) is 17.0 Å². The van der Waals surface area contributed by atoms with Crippen LogP contribution in [0.2, 0.25) is 0 Å². The summed E-state index contributed by atoms with van der Waals surface area (Å²) in [4.78, 5) is 7.31. The van der Waals surface area contributed by atoms with E-state index in [1.54, 1.807) is 0 Å². The number of hydrogen-bond donors (Lipinski definition) is 2. The minimum Gasteiger partial charge on any atom is -0.361 e. The van der Waals surface area contributed by atoms with Crippen molar-refractivity contribution < 1.29 is 4.52 Å². The Morgan fingerprint density at radius 2 is 2.13 bits per heavy atom. The standard InChI is InChI=1S/C16H27N5O.HI/c1-4-17-16(18-9-15-11(2)20-22-12(15)3)19-13-7-8-21(10-13)14-5-6-14;/h13-14H,4-10H2,1-3H3,(H2,17,18,19);1H. The first-order valence-corrected chi connectivity index (χ1v) is 8.38. The number of nitrogens with zero attached hydrogens (tertiary/aromatic N) is 3. The van der Waals surface area contributed by atoms with Crippen molar-refractivity contribution in [3.63, 3.8) is 0 Å². The van der Waals surface area contributed by atoms with Crippen LogP contribution in [0.4, 0.5) is 0 Å². The number of guanidine groups is 1. The van der Waals surface area contributed by atoms with Crippen molar-refractivity contribution in [2.45, 2.75) is 58.7 Å². The fourth-order valence-corrected chi connectivity index (χ4v) is 3.08. The van der Waals surface area contributed by atoms with E-state index in [4.69, 9.17) is 9.52 Å². The van der Waals surface area contributed by atoms with Gasteiger partial charge < -0.3 is 15.2 Å². The number of rotatable bonds is 5. The second-order valence-electron chi connectivity index (χ2n) is 6.35. The molecular formula is C16H28IN5O. The van der Waals surface area contributed by atoms with Crippen LogP contribution in [0.3, 0.4) is 0 Å². The molecule has 1 atom stereocenters. The Balaban J connectivity index is 0.00000192. The van der Waals surface area contributed by atoms with Gasteiger partial charge in [-0.15, -0.1) is 24.0 Å². The van der Waals surface area contributed by atoms with E-state index in [1.807, 2.05) is 13.8 Å². The van der Waals surface area contributed by atoms with Gasteiger partial charge in [0.2, 0.25) is 0 Å². The molecule has 2 N–H and O–H groups in total. The van der Waals surface area contributed by atoms with Gasteiger partial charge in [0.1, 0.15) is 5.76 Å². The van der Waals surface area contributed by atoms with Crippen molar-refractivity contribution in [2.75, 3.05) is 19.6 Å². The summed E-state index contributed by atoms with van der Waals surface area (Å²) < 4.78 is 5.20. The summed E-state index contributed by atoms with van der Waals surface area (Å²) in [5, 5.41) is 10.9. The molecule has 1 saturated heterocycles. The van der Waals surface area contributed by atoms with Gasteiger partial charge >= 0.3 is 0 Å². The number of nitrogens with one attached hydrogen (secondary N) is 2. The summed E-state index contributed by atoms with van der Waals surface area (Å²) in [6.45, 7) is 9.83. The van der Waals surface area contributed by atoms with Gasteiger partial charge in [-0.1, -0.05) is 5.16 Å². The molecule has 0 aromatic carbocycles. The van der Waals surface area contributed by atoms with E-state index in [1.165, 1.54) is 25.8 Å². The maximum absolute atomic E-state index is 5.20. The average Bonchev–Trinajstić information content (AvgIpc) is 3.17. The molecule has 3 rings (SSSR count). The van der Waals surface area contributed by atoms with E-state index < -0.39 is 0 Å². The summed E-state index contributed by atoms with van der Waals surface area (Å²) >= 11 is 0. The van der Waals surface area contributed by atoms with Crippen LogP contribution in [0, 0.1) is 13.8 Å². The van der Waals surface area contributed by atoms with Crippen LogP contribution >= 0.6 is 24.0 Å². The quantitative estimate of drug-likeness (QED) is 0.424. The molecule has 0 bridgehead atoms. The molecule has 2 heterocycles.